The van der Waals surface area contributed by atoms with Gasteiger partial charge in [-0.15, -0.1) is 6.58 Å². The Labute approximate surface area is 115 Å². The van der Waals surface area contributed by atoms with E-state index in [0.717, 1.165) is 17.9 Å². The Morgan fingerprint density at radius 2 is 1.42 bits per heavy atom. The summed E-state index contributed by atoms with van der Waals surface area (Å²) < 4.78 is 10.3. The maximum absolute atomic E-state index is 5.38. The van der Waals surface area contributed by atoms with Crippen LogP contribution in [0.15, 0.2) is 73.3 Å². The Hall–Kier alpha value is -2.22. The van der Waals surface area contributed by atoms with E-state index in [9.17, 15) is 0 Å². The monoisotopic (exact) mass is 256 g/mol. The standard InChI is InChI=1S/C10H12O.C7H8O/c1-2-3-9-11-10-7-5-4-6-8-10;1-8-7-5-3-2-4-6-7/h2,4-8H,1,3,9H2;2-6H,1H3. The predicted octanol–water partition coefficient (Wildman–Crippen LogP) is 4.34. The second kappa shape index (κ2) is 9.77. The summed E-state index contributed by atoms with van der Waals surface area (Å²) in [6, 6.07) is 19.5. The quantitative estimate of drug-likeness (QED) is 0.585. The molecule has 0 spiro atoms. The van der Waals surface area contributed by atoms with E-state index in [1.54, 1.807) is 7.11 Å². The number of hydrogen-bond donors (Lipinski definition) is 0. The molecule has 0 bridgehead atoms. The summed E-state index contributed by atoms with van der Waals surface area (Å²) >= 11 is 0. The van der Waals surface area contributed by atoms with Crippen LogP contribution in [-0.2, 0) is 0 Å². The molecule has 0 heterocycles. The maximum atomic E-state index is 5.38. The molecule has 0 fully saturated rings. The van der Waals surface area contributed by atoms with E-state index < -0.39 is 0 Å². The van der Waals surface area contributed by atoms with Gasteiger partial charge in [-0.3, -0.25) is 0 Å². The molecule has 0 saturated carbocycles. The minimum absolute atomic E-state index is 0.716. The van der Waals surface area contributed by atoms with Crippen LogP contribution in [0.25, 0.3) is 0 Å². The van der Waals surface area contributed by atoms with Crippen molar-refractivity contribution in [3.63, 3.8) is 0 Å². The molecule has 0 saturated heterocycles. The van der Waals surface area contributed by atoms with Crippen molar-refractivity contribution in [2.45, 2.75) is 6.42 Å². The second-order valence-corrected chi connectivity index (χ2v) is 3.76. The van der Waals surface area contributed by atoms with Crippen molar-refractivity contribution in [2.24, 2.45) is 0 Å². The average molecular weight is 256 g/mol. The summed E-state index contributed by atoms with van der Waals surface area (Å²) in [6.07, 6.45) is 2.75. The molecule has 0 aliphatic heterocycles. The van der Waals surface area contributed by atoms with Gasteiger partial charge in [0, 0.05) is 0 Å². The van der Waals surface area contributed by atoms with Crippen molar-refractivity contribution in [1.29, 1.82) is 0 Å². The lowest BCUT2D eigenvalue weighted by molar-refractivity contribution is 0.325. The molecule has 0 unspecified atom stereocenters. The van der Waals surface area contributed by atoms with Crippen LogP contribution >= 0.6 is 0 Å². The minimum atomic E-state index is 0.716. The summed E-state index contributed by atoms with van der Waals surface area (Å²) in [5.74, 6) is 1.84. The predicted molar refractivity (Wildman–Crippen MR) is 79.7 cm³/mol. The first-order valence-electron chi connectivity index (χ1n) is 6.24. The van der Waals surface area contributed by atoms with Gasteiger partial charge in [-0.2, -0.15) is 0 Å². The van der Waals surface area contributed by atoms with Crippen LogP contribution in [0.3, 0.4) is 0 Å². The van der Waals surface area contributed by atoms with Crippen molar-refractivity contribution < 1.29 is 9.47 Å². The highest BCUT2D eigenvalue weighted by Crippen LogP contribution is 2.08. The van der Waals surface area contributed by atoms with E-state index >= 15 is 0 Å². The fourth-order valence-corrected chi connectivity index (χ4v) is 1.33. The van der Waals surface area contributed by atoms with Crippen LogP contribution in [0.4, 0.5) is 0 Å². The highest BCUT2D eigenvalue weighted by molar-refractivity contribution is 5.21. The first kappa shape index (κ1) is 14.8. The highest BCUT2D eigenvalue weighted by Gasteiger charge is 1.87. The normalized spacial score (nSPS) is 8.89. The van der Waals surface area contributed by atoms with Gasteiger partial charge in [0.25, 0.3) is 0 Å². The molecule has 0 radical (unpaired) electrons. The molecule has 2 nitrogen and oxygen atoms in total. The number of rotatable bonds is 5. The first-order chi connectivity index (χ1) is 9.36. The van der Waals surface area contributed by atoms with Gasteiger partial charge in [0.1, 0.15) is 11.5 Å². The fraction of sp³-hybridized carbons (Fsp3) is 0.176. The third kappa shape index (κ3) is 6.94. The SMILES string of the molecule is C=CCCOc1ccccc1.COc1ccccc1. The van der Waals surface area contributed by atoms with Gasteiger partial charge in [0.15, 0.2) is 0 Å². The molecular formula is C17H20O2. The van der Waals surface area contributed by atoms with Crippen molar-refractivity contribution in [1.82, 2.24) is 0 Å². The number of methoxy groups -OCH3 is 1. The van der Waals surface area contributed by atoms with Gasteiger partial charge in [-0.25, -0.2) is 0 Å². The molecule has 0 aliphatic carbocycles. The van der Waals surface area contributed by atoms with E-state index in [2.05, 4.69) is 6.58 Å². The molecule has 2 aromatic rings. The Morgan fingerprint density at radius 3 is 1.84 bits per heavy atom. The van der Waals surface area contributed by atoms with E-state index in [1.807, 2.05) is 66.7 Å². The zero-order valence-electron chi connectivity index (χ0n) is 11.3. The van der Waals surface area contributed by atoms with E-state index in [1.165, 1.54) is 0 Å². The van der Waals surface area contributed by atoms with Gasteiger partial charge < -0.3 is 9.47 Å². The molecule has 100 valence electrons. The summed E-state index contributed by atoms with van der Waals surface area (Å²) in [4.78, 5) is 0. The number of hydrogen-bond acceptors (Lipinski definition) is 2. The number of ether oxygens (including phenoxy) is 2. The third-order valence-electron chi connectivity index (χ3n) is 2.31. The lowest BCUT2D eigenvalue weighted by atomic mass is 10.3. The van der Waals surface area contributed by atoms with E-state index in [4.69, 9.17) is 9.47 Å². The lowest BCUT2D eigenvalue weighted by Crippen LogP contribution is -1.94. The molecule has 0 aromatic heterocycles. The molecule has 0 N–H and O–H groups in total. The van der Waals surface area contributed by atoms with Gasteiger partial charge in [-0.05, 0) is 30.7 Å². The van der Waals surface area contributed by atoms with Crippen molar-refractivity contribution in [3.8, 4) is 11.5 Å². The van der Waals surface area contributed by atoms with Gasteiger partial charge in [0.05, 0.1) is 13.7 Å². The first-order valence-corrected chi connectivity index (χ1v) is 6.24. The molecule has 19 heavy (non-hydrogen) atoms. The Kier molecular flexibility index (Phi) is 7.63. The number of para-hydroxylation sites is 2. The Balaban J connectivity index is 0.000000200. The molecule has 0 aliphatic rings. The largest absolute Gasteiger partial charge is 0.497 e. The summed E-state index contributed by atoms with van der Waals surface area (Å²) in [6.45, 7) is 4.33. The fourth-order valence-electron chi connectivity index (χ4n) is 1.33. The van der Waals surface area contributed by atoms with Crippen molar-refractivity contribution >= 4 is 0 Å². The highest BCUT2D eigenvalue weighted by atomic mass is 16.5. The summed E-state index contributed by atoms with van der Waals surface area (Å²) in [7, 11) is 1.66. The molecule has 2 aromatic carbocycles. The van der Waals surface area contributed by atoms with Crippen LogP contribution in [-0.4, -0.2) is 13.7 Å². The second-order valence-electron chi connectivity index (χ2n) is 3.76. The van der Waals surface area contributed by atoms with E-state index in [-0.39, 0.29) is 0 Å². The maximum Gasteiger partial charge on any atom is 0.119 e. The van der Waals surface area contributed by atoms with Crippen LogP contribution in [0.1, 0.15) is 6.42 Å². The molecule has 0 amide bonds. The topological polar surface area (TPSA) is 18.5 Å². The zero-order valence-corrected chi connectivity index (χ0v) is 11.3. The van der Waals surface area contributed by atoms with Gasteiger partial charge in [0.2, 0.25) is 0 Å². The average Bonchev–Trinajstić information content (AvgIpc) is 2.50. The third-order valence-corrected chi connectivity index (χ3v) is 2.31. The summed E-state index contributed by atoms with van der Waals surface area (Å²) in [5.41, 5.74) is 0. The Morgan fingerprint density at radius 1 is 0.895 bits per heavy atom. The van der Waals surface area contributed by atoms with Crippen LogP contribution in [0.5, 0.6) is 11.5 Å². The Bertz CT molecular complexity index is 437. The minimum Gasteiger partial charge on any atom is -0.497 e. The van der Waals surface area contributed by atoms with Crippen molar-refractivity contribution in [3.05, 3.63) is 73.3 Å². The zero-order chi connectivity index (χ0) is 13.8. The summed E-state index contributed by atoms with van der Waals surface area (Å²) in [5, 5.41) is 0. The molecule has 0 atom stereocenters. The van der Waals surface area contributed by atoms with Crippen LogP contribution in [0.2, 0.25) is 0 Å². The number of benzene rings is 2. The molecular weight excluding hydrogens is 236 g/mol. The van der Waals surface area contributed by atoms with Gasteiger partial charge in [-0.1, -0.05) is 42.5 Å². The lowest BCUT2D eigenvalue weighted by Gasteiger charge is -2.02. The van der Waals surface area contributed by atoms with Crippen molar-refractivity contribution in [2.75, 3.05) is 13.7 Å². The van der Waals surface area contributed by atoms with Crippen LogP contribution in [0, 0.1) is 0 Å². The van der Waals surface area contributed by atoms with Crippen LogP contribution < -0.4 is 9.47 Å². The van der Waals surface area contributed by atoms with Gasteiger partial charge >= 0.3 is 0 Å². The smallest absolute Gasteiger partial charge is 0.119 e. The molecule has 2 heteroatoms. The van der Waals surface area contributed by atoms with E-state index in [0.29, 0.717) is 6.61 Å². The molecule has 2 rings (SSSR count).